The highest BCUT2D eigenvalue weighted by molar-refractivity contribution is 5.87. The first-order valence-electron chi connectivity index (χ1n) is 4.38. The Bertz CT molecular complexity index is 411. The molecule has 0 saturated heterocycles. The van der Waals surface area contributed by atoms with Crippen molar-refractivity contribution in [1.82, 2.24) is 4.98 Å². The molecule has 14 heavy (non-hydrogen) atoms. The fraction of sp³-hybridized carbons (Fsp3) is 0.182. The number of rotatable bonds is 2. The van der Waals surface area contributed by atoms with E-state index in [0.717, 1.165) is 22.2 Å². The number of aliphatic hydroxyl groups is 1. The van der Waals surface area contributed by atoms with Gasteiger partial charge in [0.1, 0.15) is 11.3 Å². The largest absolute Gasteiger partial charge is 0.494 e. The standard InChI is InChI=1S/C11H11NO2/c1-14-10-4-2-3-9-8(7-13)5-6-12-11(9)10/h2-6,13H,7H2,1H3. The van der Waals surface area contributed by atoms with Crippen LogP contribution in [0.15, 0.2) is 30.5 Å². The molecule has 1 N–H and O–H groups in total. The van der Waals surface area contributed by atoms with Crippen molar-refractivity contribution in [1.29, 1.82) is 0 Å². The van der Waals surface area contributed by atoms with Crippen LogP contribution < -0.4 is 4.74 Å². The van der Waals surface area contributed by atoms with E-state index in [0.29, 0.717) is 0 Å². The maximum absolute atomic E-state index is 9.13. The smallest absolute Gasteiger partial charge is 0.145 e. The summed E-state index contributed by atoms with van der Waals surface area (Å²) in [7, 11) is 1.61. The molecule has 2 aromatic rings. The van der Waals surface area contributed by atoms with Crippen LogP contribution >= 0.6 is 0 Å². The Morgan fingerprint density at radius 2 is 2.21 bits per heavy atom. The van der Waals surface area contributed by atoms with Crippen molar-refractivity contribution in [3.63, 3.8) is 0 Å². The summed E-state index contributed by atoms with van der Waals surface area (Å²) < 4.78 is 5.18. The Kier molecular flexibility index (Phi) is 2.33. The quantitative estimate of drug-likeness (QED) is 0.782. The van der Waals surface area contributed by atoms with Gasteiger partial charge in [-0.2, -0.15) is 0 Å². The fourth-order valence-corrected chi connectivity index (χ4v) is 1.51. The first-order chi connectivity index (χ1) is 6.86. The minimum absolute atomic E-state index is 0.0200. The molecule has 0 unspecified atom stereocenters. The summed E-state index contributed by atoms with van der Waals surface area (Å²) in [4.78, 5) is 4.22. The van der Waals surface area contributed by atoms with Crippen LogP contribution in [0.1, 0.15) is 5.56 Å². The van der Waals surface area contributed by atoms with E-state index < -0.39 is 0 Å². The van der Waals surface area contributed by atoms with E-state index >= 15 is 0 Å². The van der Waals surface area contributed by atoms with Crippen LogP contribution in [0.2, 0.25) is 0 Å². The lowest BCUT2D eigenvalue weighted by Crippen LogP contribution is -1.91. The topological polar surface area (TPSA) is 42.4 Å². The molecule has 0 saturated carbocycles. The summed E-state index contributed by atoms with van der Waals surface area (Å²) >= 11 is 0. The number of aliphatic hydroxyl groups excluding tert-OH is 1. The molecule has 0 aliphatic carbocycles. The summed E-state index contributed by atoms with van der Waals surface area (Å²) in [5.41, 5.74) is 1.66. The van der Waals surface area contributed by atoms with Gasteiger partial charge in [0, 0.05) is 11.6 Å². The Balaban J connectivity index is 2.77. The zero-order valence-corrected chi connectivity index (χ0v) is 7.90. The highest BCUT2D eigenvalue weighted by atomic mass is 16.5. The molecule has 1 aromatic heterocycles. The van der Waals surface area contributed by atoms with E-state index in [2.05, 4.69) is 4.98 Å². The number of methoxy groups -OCH3 is 1. The highest BCUT2D eigenvalue weighted by Crippen LogP contribution is 2.25. The van der Waals surface area contributed by atoms with Crippen molar-refractivity contribution < 1.29 is 9.84 Å². The molecular formula is C11H11NO2. The molecule has 0 spiro atoms. The van der Waals surface area contributed by atoms with Crippen LogP contribution in [-0.4, -0.2) is 17.2 Å². The SMILES string of the molecule is COc1cccc2c(CO)ccnc12. The van der Waals surface area contributed by atoms with Gasteiger partial charge in [0.25, 0.3) is 0 Å². The number of para-hydroxylation sites is 1. The second-order valence-electron chi connectivity index (χ2n) is 2.98. The monoisotopic (exact) mass is 189 g/mol. The predicted molar refractivity (Wildman–Crippen MR) is 54.2 cm³/mol. The zero-order valence-electron chi connectivity index (χ0n) is 7.90. The average Bonchev–Trinajstić information content (AvgIpc) is 2.27. The van der Waals surface area contributed by atoms with Gasteiger partial charge in [0.2, 0.25) is 0 Å². The van der Waals surface area contributed by atoms with Gasteiger partial charge >= 0.3 is 0 Å². The molecule has 1 aromatic carbocycles. The van der Waals surface area contributed by atoms with Crippen molar-refractivity contribution >= 4 is 10.9 Å². The average molecular weight is 189 g/mol. The van der Waals surface area contributed by atoms with Crippen LogP contribution in [0, 0.1) is 0 Å². The van der Waals surface area contributed by atoms with Crippen LogP contribution in [0.3, 0.4) is 0 Å². The maximum atomic E-state index is 9.13. The van der Waals surface area contributed by atoms with E-state index in [4.69, 9.17) is 9.84 Å². The predicted octanol–water partition coefficient (Wildman–Crippen LogP) is 1.74. The lowest BCUT2D eigenvalue weighted by atomic mass is 10.1. The molecule has 0 atom stereocenters. The third-order valence-electron chi connectivity index (χ3n) is 2.21. The molecule has 0 radical (unpaired) electrons. The third-order valence-corrected chi connectivity index (χ3v) is 2.21. The summed E-state index contributed by atoms with van der Waals surface area (Å²) in [5, 5.41) is 10.1. The number of hydrogen-bond donors (Lipinski definition) is 1. The molecular weight excluding hydrogens is 178 g/mol. The number of pyridine rings is 1. The number of benzene rings is 1. The first-order valence-corrected chi connectivity index (χ1v) is 4.38. The van der Waals surface area contributed by atoms with Gasteiger partial charge in [0.15, 0.2) is 0 Å². The molecule has 0 aliphatic heterocycles. The Morgan fingerprint density at radius 1 is 1.36 bits per heavy atom. The second-order valence-corrected chi connectivity index (χ2v) is 2.98. The molecule has 3 heteroatoms. The van der Waals surface area contributed by atoms with Gasteiger partial charge in [-0.25, -0.2) is 0 Å². The summed E-state index contributed by atoms with van der Waals surface area (Å²) in [6.07, 6.45) is 1.68. The lowest BCUT2D eigenvalue weighted by Gasteiger charge is -2.06. The van der Waals surface area contributed by atoms with E-state index in [1.54, 1.807) is 13.3 Å². The van der Waals surface area contributed by atoms with E-state index in [-0.39, 0.29) is 6.61 Å². The summed E-state index contributed by atoms with van der Waals surface area (Å²) in [6.45, 7) is 0.0200. The molecule has 0 fully saturated rings. The Labute approximate surface area is 82.0 Å². The molecule has 3 nitrogen and oxygen atoms in total. The van der Waals surface area contributed by atoms with E-state index in [1.807, 2.05) is 24.3 Å². The van der Waals surface area contributed by atoms with Crippen molar-refractivity contribution in [2.45, 2.75) is 6.61 Å². The van der Waals surface area contributed by atoms with E-state index in [1.165, 1.54) is 0 Å². The van der Waals surface area contributed by atoms with Crippen LogP contribution in [-0.2, 0) is 6.61 Å². The van der Waals surface area contributed by atoms with Crippen LogP contribution in [0.4, 0.5) is 0 Å². The number of aromatic nitrogens is 1. The van der Waals surface area contributed by atoms with Crippen molar-refractivity contribution in [3.8, 4) is 5.75 Å². The van der Waals surface area contributed by atoms with Gasteiger partial charge in [-0.1, -0.05) is 12.1 Å². The lowest BCUT2D eigenvalue weighted by molar-refractivity contribution is 0.283. The normalized spacial score (nSPS) is 10.4. The molecule has 1 heterocycles. The van der Waals surface area contributed by atoms with Crippen molar-refractivity contribution in [2.24, 2.45) is 0 Å². The molecule has 0 amide bonds. The minimum Gasteiger partial charge on any atom is -0.494 e. The highest BCUT2D eigenvalue weighted by Gasteiger charge is 2.04. The Morgan fingerprint density at radius 3 is 2.93 bits per heavy atom. The zero-order chi connectivity index (χ0) is 9.97. The number of ether oxygens (including phenoxy) is 1. The summed E-state index contributed by atoms with van der Waals surface area (Å²) in [5.74, 6) is 0.734. The molecule has 0 bridgehead atoms. The number of hydrogen-bond acceptors (Lipinski definition) is 3. The van der Waals surface area contributed by atoms with Crippen molar-refractivity contribution in [2.75, 3.05) is 7.11 Å². The van der Waals surface area contributed by atoms with Crippen LogP contribution in [0.25, 0.3) is 10.9 Å². The maximum Gasteiger partial charge on any atom is 0.145 e. The number of nitrogens with zero attached hydrogens (tertiary/aromatic N) is 1. The summed E-state index contributed by atoms with van der Waals surface area (Å²) in [6, 6.07) is 7.48. The van der Waals surface area contributed by atoms with Crippen LogP contribution in [0.5, 0.6) is 5.75 Å². The van der Waals surface area contributed by atoms with Gasteiger partial charge in [-0.3, -0.25) is 4.98 Å². The second kappa shape index (κ2) is 3.64. The van der Waals surface area contributed by atoms with Crippen molar-refractivity contribution in [3.05, 3.63) is 36.0 Å². The molecule has 72 valence electrons. The van der Waals surface area contributed by atoms with Gasteiger partial charge < -0.3 is 9.84 Å². The minimum atomic E-state index is 0.0200. The van der Waals surface area contributed by atoms with Gasteiger partial charge in [0.05, 0.1) is 13.7 Å². The van der Waals surface area contributed by atoms with Gasteiger partial charge in [-0.15, -0.1) is 0 Å². The molecule has 0 aliphatic rings. The first kappa shape index (κ1) is 8.97. The van der Waals surface area contributed by atoms with Gasteiger partial charge in [-0.05, 0) is 17.7 Å². The third kappa shape index (κ3) is 1.32. The Hall–Kier alpha value is -1.61. The number of fused-ring (bicyclic) bond motifs is 1. The molecule has 2 rings (SSSR count). The fourth-order valence-electron chi connectivity index (χ4n) is 1.51. The van der Waals surface area contributed by atoms with E-state index in [9.17, 15) is 0 Å².